The molecule has 1 unspecified atom stereocenters. The molecule has 27 heavy (non-hydrogen) atoms. The van der Waals surface area contributed by atoms with E-state index < -0.39 is 25.0 Å². The molecule has 8 heteroatoms. The lowest BCUT2D eigenvalue weighted by atomic mass is 9.79. The third-order valence-corrected chi connectivity index (χ3v) is 4.04. The first kappa shape index (κ1) is 20.5. The summed E-state index contributed by atoms with van der Waals surface area (Å²) in [5, 5.41) is 12.1. The van der Waals surface area contributed by atoms with Crippen molar-refractivity contribution in [1.29, 1.82) is 0 Å². The second-order valence-electron chi connectivity index (χ2n) is 5.86. The Morgan fingerprint density at radius 1 is 1.41 bits per heavy atom. The Bertz CT molecular complexity index is 789. The van der Waals surface area contributed by atoms with Crippen molar-refractivity contribution in [2.45, 2.75) is 12.5 Å². The first-order valence-electron chi connectivity index (χ1n) is 8.23. The number of hydrogen-bond donors (Lipinski definition) is 2. The molecule has 0 aromatic heterocycles. The summed E-state index contributed by atoms with van der Waals surface area (Å²) >= 11 is 0. The molecule has 2 radical (unpaired) electrons. The van der Waals surface area contributed by atoms with Gasteiger partial charge in [-0.15, -0.1) is 0 Å². The zero-order valence-electron chi connectivity index (χ0n) is 14.8. The maximum Gasteiger partial charge on any atom is 0.491 e. The van der Waals surface area contributed by atoms with Gasteiger partial charge in [0.05, 0.1) is 6.61 Å². The van der Waals surface area contributed by atoms with E-state index in [4.69, 9.17) is 12.7 Å². The van der Waals surface area contributed by atoms with Gasteiger partial charge in [-0.25, -0.2) is 0 Å². The molecule has 6 nitrogen and oxygen atoms in total. The van der Waals surface area contributed by atoms with Crippen LogP contribution in [0.5, 0.6) is 0 Å². The number of hydrogen-bond acceptors (Lipinski definition) is 5. The first-order valence-corrected chi connectivity index (χ1v) is 8.23. The first-order chi connectivity index (χ1) is 13.0. The van der Waals surface area contributed by atoms with Crippen molar-refractivity contribution >= 4 is 27.0 Å². The lowest BCUT2D eigenvalue weighted by Crippen LogP contribution is -2.43. The van der Waals surface area contributed by atoms with Gasteiger partial charge in [-0.2, -0.15) is 0 Å². The topological polar surface area (TPSA) is 84.9 Å². The molecule has 1 aliphatic rings. The van der Waals surface area contributed by atoms with Crippen molar-refractivity contribution in [3.8, 4) is 0 Å². The summed E-state index contributed by atoms with van der Waals surface area (Å²) in [6, 6.07) is 8.21. The molecule has 1 heterocycles. The van der Waals surface area contributed by atoms with Gasteiger partial charge < -0.3 is 19.6 Å². The van der Waals surface area contributed by atoms with Crippen LogP contribution in [0.2, 0.25) is 0 Å². The van der Waals surface area contributed by atoms with Gasteiger partial charge >= 0.3 is 21.1 Å². The number of benzene rings is 1. The van der Waals surface area contributed by atoms with Crippen LogP contribution in [0.25, 0.3) is 0 Å². The van der Waals surface area contributed by atoms with Crippen LogP contribution in [-0.2, 0) is 25.3 Å². The quantitative estimate of drug-likeness (QED) is 0.429. The van der Waals surface area contributed by atoms with Gasteiger partial charge in [0, 0.05) is 12.0 Å². The van der Waals surface area contributed by atoms with Gasteiger partial charge in [0.2, 0.25) is 0 Å². The van der Waals surface area contributed by atoms with Gasteiger partial charge in [-0.1, -0.05) is 55.6 Å². The van der Waals surface area contributed by atoms with Gasteiger partial charge in [0.25, 0.3) is 5.91 Å². The van der Waals surface area contributed by atoms with Gasteiger partial charge in [-0.3, -0.25) is 9.59 Å². The number of nitrogens with one attached hydrogen (secondary N) is 1. The average Bonchev–Trinajstić information content (AvgIpc) is 3.00. The number of carbonyl (C=O) groups excluding carboxylic acids is 2. The van der Waals surface area contributed by atoms with Crippen molar-refractivity contribution in [2.24, 2.45) is 0 Å². The van der Waals surface area contributed by atoms with E-state index in [2.05, 4.69) is 23.1 Å². The summed E-state index contributed by atoms with van der Waals surface area (Å²) in [5.41, 5.74) is 2.16. The molecule has 1 aliphatic heterocycles. The van der Waals surface area contributed by atoms with Crippen molar-refractivity contribution in [1.82, 2.24) is 5.32 Å². The molecule has 1 atom stereocenters. The van der Waals surface area contributed by atoms with E-state index in [-0.39, 0.29) is 18.6 Å². The SMILES string of the molecule is [B]OC(=O)C(Cc1ccccc1)NC(=O)/C(C=C)=C/C=C1/COB(O)C1=C. The number of amides is 1. The maximum absolute atomic E-state index is 12.5. The molecule has 136 valence electrons. The van der Waals surface area contributed by atoms with E-state index in [0.29, 0.717) is 11.0 Å². The van der Waals surface area contributed by atoms with E-state index >= 15 is 0 Å². The fourth-order valence-electron chi connectivity index (χ4n) is 2.47. The summed E-state index contributed by atoms with van der Waals surface area (Å²) in [7, 11) is 3.95. The Labute approximate surface area is 159 Å². The third kappa shape index (κ3) is 5.57. The summed E-state index contributed by atoms with van der Waals surface area (Å²) in [6.45, 7) is 7.53. The molecule has 1 aromatic carbocycles. The van der Waals surface area contributed by atoms with Crippen LogP contribution in [0.1, 0.15) is 5.56 Å². The zero-order valence-corrected chi connectivity index (χ0v) is 14.8. The monoisotopic (exact) mass is 363 g/mol. The molecule has 1 fully saturated rings. The molecule has 1 aromatic rings. The van der Waals surface area contributed by atoms with Gasteiger partial charge in [0.1, 0.15) is 6.04 Å². The van der Waals surface area contributed by atoms with E-state index in [1.54, 1.807) is 6.08 Å². The fraction of sp³-hybridized carbons (Fsp3) is 0.158. The van der Waals surface area contributed by atoms with Crippen LogP contribution in [-0.4, -0.2) is 44.7 Å². The zero-order chi connectivity index (χ0) is 19.8. The Hall–Kier alpha value is -2.83. The normalized spacial score (nSPS) is 16.9. The lowest BCUT2D eigenvalue weighted by Gasteiger charge is -2.17. The van der Waals surface area contributed by atoms with Crippen LogP contribution >= 0.6 is 0 Å². The highest BCUT2D eigenvalue weighted by molar-refractivity contribution is 6.54. The standard InChI is InChI=1S/C19H19B2NO5/c1-3-15(9-10-16-12-26-21(25)13(16)2)18(23)22-17(19(24)27-20)11-14-7-5-4-6-8-14/h3-10,17,25H,1-2,11-12H2,(H,22,23)/b15-9+,16-10-. The second-order valence-corrected chi connectivity index (χ2v) is 5.86. The highest BCUT2D eigenvalue weighted by Crippen LogP contribution is 2.19. The van der Waals surface area contributed by atoms with E-state index in [1.165, 1.54) is 12.2 Å². The van der Waals surface area contributed by atoms with Crippen LogP contribution < -0.4 is 5.32 Å². The van der Waals surface area contributed by atoms with Crippen LogP contribution in [0, 0.1) is 0 Å². The molecule has 0 bridgehead atoms. The molecule has 1 saturated heterocycles. The summed E-state index contributed by atoms with van der Waals surface area (Å²) in [6.07, 6.45) is 4.71. The fourth-order valence-corrected chi connectivity index (χ4v) is 2.47. The summed E-state index contributed by atoms with van der Waals surface area (Å²) in [4.78, 5) is 24.4. The van der Waals surface area contributed by atoms with E-state index in [9.17, 15) is 14.6 Å². The summed E-state index contributed by atoms with van der Waals surface area (Å²) < 4.78 is 9.34. The highest BCUT2D eigenvalue weighted by Gasteiger charge is 2.28. The number of carbonyl (C=O) groups is 2. The number of rotatable bonds is 7. The van der Waals surface area contributed by atoms with Gasteiger partial charge in [-0.05, 0) is 22.7 Å². The lowest BCUT2D eigenvalue weighted by molar-refractivity contribution is -0.138. The smallest absolute Gasteiger partial charge is 0.491 e. The Morgan fingerprint density at radius 3 is 2.67 bits per heavy atom. The molecular formula is C19H19B2NO5. The van der Waals surface area contributed by atoms with Crippen molar-refractivity contribution < 1.29 is 23.9 Å². The van der Waals surface area contributed by atoms with E-state index in [0.717, 1.165) is 5.56 Å². The van der Waals surface area contributed by atoms with Crippen molar-refractivity contribution in [3.63, 3.8) is 0 Å². The largest absolute Gasteiger partial charge is 0.542 e. The minimum absolute atomic E-state index is 0.193. The average molecular weight is 363 g/mol. The third-order valence-electron chi connectivity index (χ3n) is 4.04. The van der Waals surface area contributed by atoms with Crippen molar-refractivity contribution in [2.75, 3.05) is 6.61 Å². The van der Waals surface area contributed by atoms with E-state index in [1.807, 2.05) is 30.3 Å². The predicted octanol–water partition coefficient (Wildman–Crippen LogP) is 0.985. The highest BCUT2D eigenvalue weighted by atomic mass is 16.5. The Kier molecular flexibility index (Phi) is 7.40. The minimum Gasteiger partial charge on any atom is -0.542 e. The van der Waals surface area contributed by atoms with Crippen molar-refractivity contribution in [3.05, 3.63) is 83.9 Å². The molecule has 0 saturated carbocycles. The van der Waals surface area contributed by atoms with Crippen LogP contribution in [0.3, 0.4) is 0 Å². The molecule has 2 rings (SSSR count). The molecule has 0 spiro atoms. The predicted molar refractivity (Wildman–Crippen MR) is 103 cm³/mol. The molecular weight excluding hydrogens is 344 g/mol. The molecule has 2 N–H and O–H groups in total. The second kappa shape index (κ2) is 9.75. The van der Waals surface area contributed by atoms with Gasteiger partial charge in [0.15, 0.2) is 0 Å². The molecule has 0 aliphatic carbocycles. The maximum atomic E-state index is 12.5. The summed E-state index contributed by atoms with van der Waals surface area (Å²) in [5.74, 6) is -1.27. The van der Waals surface area contributed by atoms with Crippen LogP contribution in [0.15, 0.2) is 78.3 Å². The Balaban J connectivity index is 2.13. The van der Waals surface area contributed by atoms with Crippen LogP contribution in [0.4, 0.5) is 0 Å². The minimum atomic E-state index is -1.04. The Morgan fingerprint density at radius 2 is 2.11 bits per heavy atom. The number of allylic oxidation sites excluding steroid dienone is 2. The molecule has 1 amide bonds.